The Morgan fingerprint density at radius 1 is 1.18 bits per heavy atom. The molecule has 0 unspecified atom stereocenters. The van der Waals surface area contributed by atoms with Gasteiger partial charge in [0.15, 0.2) is 0 Å². The lowest BCUT2D eigenvalue weighted by molar-refractivity contribution is -0.175. The summed E-state index contributed by atoms with van der Waals surface area (Å²) in [6, 6.07) is -0.875. The van der Waals surface area contributed by atoms with E-state index < -0.39 is 30.0 Å². The molecule has 0 saturated heterocycles. The smallest absolute Gasteiger partial charge is 0.471 e. The average molecular weight is 251 g/mol. The van der Waals surface area contributed by atoms with Gasteiger partial charge in [-0.15, -0.1) is 0 Å². The number of carboxylic acid groups (broad SMARTS) is 1. The van der Waals surface area contributed by atoms with Crippen LogP contribution < -0.4 is 5.32 Å². The molecular weight excluding hydrogens is 239 g/mol. The van der Waals surface area contributed by atoms with E-state index in [9.17, 15) is 22.8 Å². The van der Waals surface area contributed by atoms with E-state index in [1.807, 2.05) is 5.32 Å². The Labute approximate surface area is 95.2 Å². The summed E-state index contributed by atoms with van der Waals surface area (Å²) in [5.41, 5.74) is 0. The summed E-state index contributed by atoms with van der Waals surface area (Å²) >= 11 is 0. The summed E-state index contributed by atoms with van der Waals surface area (Å²) < 4.78 is 36.3. The minimum atomic E-state index is -4.95. The van der Waals surface area contributed by atoms with Gasteiger partial charge in [-0.2, -0.15) is 13.2 Å². The standard InChI is InChI=1S/C10H12F3NO3/c11-10(12,13)9(17)14-7-5-2-1-4(3-5)6(7)8(15)16/h4-7H,1-3H2,(H,14,17)(H,15,16)/t4-,5+,6+,7-/m1/s1. The van der Waals surface area contributed by atoms with Crippen LogP contribution in [0.3, 0.4) is 0 Å². The largest absolute Gasteiger partial charge is 0.481 e. The molecule has 0 aromatic carbocycles. The molecular formula is C10H12F3NO3. The first-order chi connectivity index (χ1) is 7.80. The Bertz CT molecular complexity index is 355. The van der Waals surface area contributed by atoms with Crippen LogP contribution in [0.2, 0.25) is 0 Å². The topological polar surface area (TPSA) is 66.4 Å². The summed E-state index contributed by atoms with van der Waals surface area (Å²) in [6.45, 7) is 0. The van der Waals surface area contributed by atoms with Crippen molar-refractivity contribution in [3.05, 3.63) is 0 Å². The van der Waals surface area contributed by atoms with Crippen molar-refractivity contribution in [1.29, 1.82) is 0 Å². The van der Waals surface area contributed by atoms with Crippen molar-refractivity contribution in [2.24, 2.45) is 17.8 Å². The summed E-state index contributed by atoms with van der Waals surface area (Å²) in [7, 11) is 0. The van der Waals surface area contributed by atoms with Crippen LogP contribution >= 0.6 is 0 Å². The molecule has 2 N–H and O–H groups in total. The second-order valence-corrected chi connectivity index (χ2v) is 4.69. The van der Waals surface area contributed by atoms with Crippen molar-refractivity contribution < 1.29 is 27.9 Å². The fourth-order valence-corrected chi connectivity index (χ4v) is 3.09. The zero-order valence-corrected chi connectivity index (χ0v) is 8.83. The second-order valence-electron chi connectivity index (χ2n) is 4.69. The highest BCUT2D eigenvalue weighted by Gasteiger charge is 2.53. The highest BCUT2D eigenvalue weighted by Crippen LogP contribution is 2.48. The van der Waals surface area contributed by atoms with Crippen LogP contribution in [0, 0.1) is 17.8 Å². The fourth-order valence-electron chi connectivity index (χ4n) is 3.09. The lowest BCUT2D eigenvalue weighted by atomic mass is 9.84. The van der Waals surface area contributed by atoms with Gasteiger partial charge in [-0.3, -0.25) is 9.59 Å². The Morgan fingerprint density at radius 2 is 1.76 bits per heavy atom. The number of nitrogens with one attached hydrogen (secondary N) is 1. The number of carboxylic acids is 1. The molecule has 1 amide bonds. The van der Waals surface area contributed by atoms with E-state index in [0.29, 0.717) is 12.8 Å². The first-order valence-electron chi connectivity index (χ1n) is 5.41. The van der Waals surface area contributed by atoms with Gasteiger partial charge in [-0.1, -0.05) is 0 Å². The molecule has 2 aliphatic carbocycles. The fraction of sp³-hybridized carbons (Fsp3) is 0.800. The summed E-state index contributed by atoms with van der Waals surface area (Å²) in [5.74, 6) is -4.27. The van der Waals surface area contributed by atoms with Crippen molar-refractivity contribution in [3.63, 3.8) is 0 Å². The highest BCUT2D eigenvalue weighted by molar-refractivity contribution is 5.83. The monoisotopic (exact) mass is 251 g/mol. The molecule has 2 fully saturated rings. The number of fused-ring (bicyclic) bond motifs is 2. The van der Waals surface area contributed by atoms with Crippen LogP contribution in [0.25, 0.3) is 0 Å². The number of amides is 1. The van der Waals surface area contributed by atoms with E-state index in [2.05, 4.69) is 0 Å². The number of carbonyl (C=O) groups is 2. The van der Waals surface area contributed by atoms with Gasteiger partial charge in [0.05, 0.1) is 5.92 Å². The molecule has 0 aromatic rings. The predicted octanol–water partition coefficient (Wildman–Crippen LogP) is 1.16. The van der Waals surface area contributed by atoms with Crippen molar-refractivity contribution in [2.75, 3.05) is 0 Å². The lowest BCUT2D eigenvalue weighted by Crippen LogP contribution is -2.50. The van der Waals surface area contributed by atoms with Crippen molar-refractivity contribution in [1.82, 2.24) is 5.32 Å². The van der Waals surface area contributed by atoms with E-state index in [0.717, 1.165) is 6.42 Å². The third-order valence-electron chi connectivity index (χ3n) is 3.76. The van der Waals surface area contributed by atoms with Crippen molar-refractivity contribution in [2.45, 2.75) is 31.5 Å². The van der Waals surface area contributed by atoms with Gasteiger partial charge in [-0.05, 0) is 31.1 Å². The predicted molar refractivity (Wildman–Crippen MR) is 49.9 cm³/mol. The van der Waals surface area contributed by atoms with E-state index >= 15 is 0 Å². The van der Waals surface area contributed by atoms with Crippen LogP contribution in [0.4, 0.5) is 13.2 Å². The summed E-state index contributed by atoms with van der Waals surface area (Å²) in [5, 5.41) is 10.8. The van der Waals surface area contributed by atoms with Gasteiger partial charge in [0.1, 0.15) is 0 Å². The molecule has 4 atom stereocenters. The van der Waals surface area contributed by atoms with Crippen molar-refractivity contribution in [3.8, 4) is 0 Å². The minimum absolute atomic E-state index is 0.101. The average Bonchev–Trinajstić information content (AvgIpc) is 2.75. The highest BCUT2D eigenvalue weighted by atomic mass is 19.4. The maximum atomic E-state index is 12.1. The number of aliphatic carboxylic acids is 1. The van der Waals surface area contributed by atoms with Gasteiger partial charge in [-0.25, -0.2) is 0 Å². The minimum Gasteiger partial charge on any atom is -0.481 e. The third-order valence-corrected chi connectivity index (χ3v) is 3.76. The Hall–Kier alpha value is -1.27. The van der Waals surface area contributed by atoms with Gasteiger partial charge in [0.2, 0.25) is 0 Å². The normalized spacial score (nSPS) is 35.9. The number of hydrogen-bond acceptors (Lipinski definition) is 2. The molecule has 0 heterocycles. The maximum absolute atomic E-state index is 12.1. The molecule has 2 rings (SSSR count). The summed E-state index contributed by atoms with van der Waals surface area (Å²) in [6.07, 6.45) is -2.94. The van der Waals surface area contributed by atoms with Crippen molar-refractivity contribution >= 4 is 11.9 Å². The molecule has 96 valence electrons. The van der Waals surface area contributed by atoms with E-state index in [4.69, 9.17) is 5.11 Å². The Balaban J connectivity index is 2.10. The molecule has 4 nitrogen and oxygen atoms in total. The number of rotatable bonds is 2. The van der Waals surface area contributed by atoms with Gasteiger partial charge >= 0.3 is 18.1 Å². The first-order valence-corrected chi connectivity index (χ1v) is 5.41. The van der Waals surface area contributed by atoms with Gasteiger partial charge in [0, 0.05) is 6.04 Å². The van der Waals surface area contributed by atoms with Crippen LogP contribution in [-0.4, -0.2) is 29.2 Å². The van der Waals surface area contributed by atoms with Crippen LogP contribution in [-0.2, 0) is 9.59 Å². The molecule has 2 bridgehead atoms. The van der Waals surface area contributed by atoms with Gasteiger partial charge < -0.3 is 10.4 Å². The van der Waals surface area contributed by atoms with E-state index in [1.54, 1.807) is 0 Å². The molecule has 0 spiro atoms. The second kappa shape index (κ2) is 3.89. The number of alkyl halides is 3. The number of carbonyl (C=O) groups excluding carboxylic acids is 1. The number of hydrogen-bond donors (Lipinski definition) is 2. The first kappa shape index (κ1) is 12.2. The molecule has 0 aromatic heterocycles. The SMILES string of the molecule is O=C(O)[C@H]1[C@@H]2CC[C@@H](C2)[C@H]1NC(=O)C(F)(F)F. The van der Waals surface area contributed by atoms with Crippen LogP contribution in [0.5, 0.6) is 0 Å². The van der Waals surface area contributed by atoms with Crippen LogP contribution in [0.1, 0.15) is 19.3 Å². The zero-order chi connectivity index (χ0) is 12.8. The molecule has 0 aliphatic heterocycles. The zero-order valence-electron chi connectivity index (χ0n) is 8.83. The molecule has 2 aliphatic rings. The van der Waals surface area contributed by atoms with Crippen LogP contribution in [0.15, 0.2) is 0 Å². The third kappa shape index (κ3) is 2.10. The number of halogens is 3. The van der Waals surface area contributed by atoms with E-state index in [-0.39, 0.29) is 11.8 Å². The molecule has 7 heteroatoms. The quantitative estimate of drug-likeness (QED) is 0.774. The Morgan fingerprint density at radius 3 is 2.29 bits per heavy atom. The lowest BCUT2D eigenvalue weighted by Gasteiger charge is -2.29. The molecule has 17 heavy (non-hydrogen) atoms. The van der Waals surface area contributed by atoms with E-state index in [1.165, 1.54) is 0 Å². The summed E-state index contributed by atoms with van der Waals surface area (Å²) in [4.78, 5) is 21.8. The van der Waals surface area contributed by atoms with Gasteiger partial charge in [0.25, 0.3) is 0 Å². The molecule has 0 radical (unpaired) electrons. The molecule has 2 saturated carbocycles. The Kier molecular flexibility index (Phi) is 2.79. The maximum Gasteiger partial charge on any atom is 0.471 e.